The van der Waals surface area contributed by atoms with Gasteiger partial charge in [0.25, 0.3) is 0 Å². The predicted octanol–water partition coefficient (Wildman–Crippen LogP) is 2.61. The van der Waals surface area contributed by atoms with Crippen LogP contribution in [0.2, 0.25) is 0 Å². The fourth-order valence-electron chi connectivity index (χ4n) is 2.90. The van der Waals surface area contributed by atoms with Crippen LogP contribution in [0.4, 0.5) is 0 Å². The van der Waals surface area contributed by atoms with Crippen molar-refractivity contribution in [2.45, 2.75) is 32.5 Å². The molecule has 1 aromatic heterocycles. The van der Waals surface area contributed by atoms with Crippen molar-refractivity contribution >= 4 is 0 Å². The molecular weight excluding hydrogens is 260 g/mol. The molecule has 1 N–H and O–H groups in total. The molecule has 21 heavy (non-hydrogen) atoms. The summed E-state index contributed by atoms with van der Waals surface area (Å²) in [5.74, 6) is 0. The second-order valence-electron chi connectivity index (χ2n) is 5.98. The smallest absolute Gasteiger partial charge is 0.0765 e. The summed E-state index contributed by atoms with van der Waals surface area (Å²) in [6.07, 6.45) is 2.08. The average molecular weight is 284 g/mol. The average Bonchev–Trinajstić information content (AvgIpc) is 2.98. The molecule has 0 spiro atoms. The summed E-state index contributed by atoms with van der Waals surface area (Å²) in [5, 5.41) is 8.19. The van der Waals surface area contributed by atoms with Crippen molar-refractivity contribution < 1.29 is 0 Å². The van der Waals surface area contributed by atoms with Crippen molar-refractivity contribution in [2.24, 2.45) is 0 Å². The van der Waals surface area contributed by atoms with E-state index in [9.17, 15) is 0 Å². The van der Waals surface area contributed by atoms with Crippen LogP contribution in [0.5, 0.6) is 0 Å². The maximum Gasteiger partial charge on any atom is 0.0765 e. The number of aromatic nitrogens is 2. The quantitative estimate of drug-likeness (QED) is 0.937. The van der Waals surface area contributed by atoms with Gasteiger partial charge in [-0.3, -0.25) is 9.58 Å². The first-order valence-electron chi connectivity index (χ1n) is 7.78. The van der Waals surface area contributed by atoms with Crippen LogP contribution in [0.1, 0.15) is 37.2 Å². The van der Waals surface area contributed by atoms with Gasteiger partial charge in [0, 0.05) is 44.5 Å². The van der Waals surface area contributed by atoms with Gasteiger partial charge in [-0.05, 0) is 25.5 Å². The molecule has 3 rings (SSSR count). The van der Waals surface area contributed by atoms with Crippen molar-refractivity contribution in [2.75, 3.05) is 19.6 Å². The van der Waals surface area contributed by atoms with Crippen molar-refractivity contribution in [1.29, 1.82) is 0 Å². The van der Waals surface area contributed by atoms with Gasteiger partial charge in [0.1, 0.15) is 0 Å². The first-order chi connectivity index (χ1) is 10.2. The van der Waals surface area contributed by atoms with Crippen LogP contribution in [0.25, 0.3) is 0 Å². The van der Waals surface area contributed by atoms with E-state index in [1.807, 2.05) is 4.68 Å². The molecule has 1 aliphatic heterocycles. The number of hydrogen-bond acceptors (Lipinski definition) is 3. The Labute approximate surface area is 126 Å². The zero-order valence-corrected chi connectivity index (χ0v) is 12.9. The molecule has 1 saturated heterocycles. The zero-order chi connectivity index (χ0) is 14.7. The highest BCUT2D eigenvalue weighted by Gasteiger charge is 2.24. The normalized spacial score (nSPS) is 20.0. The van der Waals surface area contributed by atoms with E-state index in [2.05, 4.69) is 71.8 Å². The first-order valence-corrected chi connectivity index (χ1v) is 7.78. The second kappa shape index (κ2) is 6.41. The molecule has 1 aromatic carbocycles. The number of hydrogen-bond donors (Lipinski definition) is 1. The lowest BCUT2D eigenvalue weighted by atomic mass is 10.0. The lowest BCUT2D eigenvalue weighted by Crippen LogP contribution is -2.45. The molecule has 1 unspecified atom stereocenters. The van der Waals surface area contributed by atoms with Gasteiger partial charge < -0.3 is 5.32 Å². The summed E-state index contributed by atoms with van der Waals surface area (Å²) >= 11 is 0. The second-order valence-corrected chi connectivity index (χ2v) is 5.98. The lowest BCUT2D eigenvalue weighted by Gasteiger charge is -2.36. The molecule has 0 radical (unpaired) electrons. The Morgan fingerprint density at radius 3 is 2.76 bits per heavy atom. The van der Waals surface area contributed by atoms with E-state index in [1.165, 1.54) is 5.56 Å². The summed E-state index contributed by atoms with van der Waals surface area (Å²) < 4.78 is 2.04. The number of benzene rings is 1. The van der Waals surface area contributed by atoms with Gasteiger partial charge >= 0.3 is 0 Å². The van der Waals surface area contributed by atoms with Crippen molar-refractivity contribution in [3.63, 3.8) is 0 Å². The van der Waals surface area contributed by atoms with Crippen molar-refractivity contribution in [1.82, 2.24) is 20.0 Å². The number of nitrogens with one attached hydrogen (secondary N) is 1. The fraction of sp³-hybridized carbons (Fsp3) is 0.471. The van der Waals surface area contributed by atoms with Gasteiger partial charge in [0.15, 0.2) is 0 Å². The molecule has 2 aromatic rings. The highest BCUT2D eigenvalue weighted by molar-refractivity contribution is 5.20. The molecule has 0 bridgehead atoms. The van der Waals surface area contributed by atoms with E-state index in [1.54, 1.807) is 0 Å². The summed E-state index contributed by atoms with van der Waals surface area (Å²) in [6, 6.07) is 13.8. The van der Waals surface area contributed by atoms with E-state index in [0.717, 1.165) is 31.9 Å². The molecule has 1 aliphatic rings. The first kappa shape index (κ1) is 14.3. The Balaban J connectivity index is 1.75. The van der Waals surface area contributed by atoms with Crippen molar-refractivity contribution in [3.8, 4) is 0 Å². The summed E-state index contributed by atoms with van der Waals surface area (Å²) in [5.41, 5.74) is 2.54. The molecule has 1 fully saturated rings. The number of rotatable bonds is 4. The Kier molecular flexibility index (Phi) is 4.36. The molecule has 0 aliphatic carbocycles. The van der Waals surface area contributed by atoms with Gasteiger partial charge in [-0.1, -0.05) is 30.3 Å². The SMILES string of the molecule is CC(C)n1ccc(CN2CCNCC2c2ccccc2)n1. The summed E-state index contributed by atoms with van der Waals surface area (Å²) in [6.45, 7) is 8.36. The number of piperazine rings is 1. The molecule has 112 valence electrons. The van der Waals surface area contributed by atoms with E-state index in [-0.39, 0.29) is 0 Å². The Bertz CT molecular complexity index is 561. The largest absolute Gasteiger partial charge is 0.314 e. The van der Waals surface area contributed by atoms with Crippen LogP contribution in [-0.2, 0) is 6.54 Å². The minimum Gasteiger partial charge on any atom is -0.314 e. The molecule has 4 nitrogen and oxygen atoms in total. The van der Waals surface area contributed by atoms with Gasteiger partial charge in [-0.15, -0.1) is 0 Å². The Hall–Kier alpha value is -1.65. The van der Waals surface area contributed by atoms with Crippen LogP contribution in [0, 0.1) is 0 Å². The molecule has 1 atom stereocenters. The minimum absolute atomic E-state index is 0.423. The highest BCUT2D eigenvalue weighted by Crippen LogP contribution is 2.23. The van der Waals surface area contributed by atoms with Crippen molar-refractivity contribution in [3.05, 3.63) is 53.9 Å². The highest BCUT2D eigenvalue weighted by atomic mass is 15.3. The molecular formula is C17H24N4. The lowest BCUT2D eigenvalue weighted by molar-refractivity contribution is 0.151. The third kappa shape index (κ3) is 3.34. The fourth-order valence-corrected chi connectivity index (χ4v) is 2.90. The number of nitrogens with zero attached hydrogens (tertiary/aromatic N) is 3. The molecule has 2 heterocycles. The van der Waals surface area contributed by atoms with Gasteiger partial charge in [0.2, 0.25) is 0 Å². The standard InChI is InChI=1S/C17H24N4/c1-14(2)21-10-8-16(19-21)13-20-11-9-18-12-17(20)15-6-4-3-5-7-15/h3-8,10,14,17-18H,9,11-13H2,1-2H3. The van der Waals surface area contributed by atoms with Crippen LogP contribution >= 0.6 is 0 Å². The third-order valence-electron chi connectivity index (χ3n) is 4.10. The van der Waals surface area contributed by atoms with Gasteiger partial charge in [0.05, 0.1) is 5.69 Å². The van der Waals surface area contributed by atoms with Gasteiger partial charge in [-0.25, -0.2) is 0 Å². The summed E-state index contributed by atoms with van der Waals surface area (Å²) in [7, 11) is 0. The third-order valence-corrected chi connectivity index (χ3v) is 4.10. The maximum atomic E-state index is 4.69. The van der Waals surface area contributed by atoms with Crippen LogP contribution in [-0.4, -0.2) is 34.3 Å². The zero-order valence-electron chi connectivity index (χ0n) is 12.9. The predicted molar refractivity (Wildman–Crippen MR) is 85.1 cm³/mol. The molecule has 0 amide bonds. The van der Waals surface area contributed by atoms with Gasteiger partial charge in [-0.2, -0.15) is 5.10 Å². The Morgan fingerprint density at radius 2 is 2.05 bits per heavy atom. The monoisotopic (exact) mass is 284 g/mol. The Morgan fingerprint density at radius 1 is 1.24 bits per heavy atom. The van der Waals surface area contributed by atoms with E-state index >= 15 is 0 Å². The molecule has 0 saturated carbocycles. The topological polar surface area (TPSA) is 33.1 Å². The van der Waals surface area contributed by atoms with E-state index in [0.29, 0.717) is 12.1 Å². The van der Waals surface area contributed by atoms with Crippen LogP contribution in [0.3, 0.4) is 0 Å². The summed E-state index contributed by atoms with van der Waals surface area (Å²) in [4.78, 5) is 2.53. The van der Waals surface area contributed by atoms with Crippen LogP contribution in [0.15, 0.2) is 42.6 Å². The van der Waals surface area contributed by atoms with Crippen LogP contribution < -0.4 is 5.32 Å². The van der Waals surface area contributed by atoms with E-state index < -0.39 is 0 Å². The van der Waals surface area contributed by atoms with E-state index in [4.69, 9.17) is 0 Å². The molecule has 4 heteroatoms. The maximum absolute atomic E-state index is 4.69. The minimum atomic E-state index is 0.423.